The molecule has 19 heavy (non-hydrogen) atoms. The molecule has 1 fully saturated rings. The number of anilines is 1. The Morgan fingerprint density at radius 3 is 2.53 bits per heavy atom. The molecule has 0 spiro atoms. The van der Waals surface area contributed by atoms with Gasteiger partial charge in [-0.1, -0.05) is 0 Å². The molecule has 0 saturated carbocycles. The van der Waals surface area contributed by atoms with Gasteiger partial charge in [0, 0.05) is 24.3 Å². The average Bonchev–Trinajstić information content (AvgIpc) is 2.46. The van der Waals surface area contributed by atoms with Gasteiger partial charge in [-0.15, -0.1) is 0 Å². The fourth-order valence-corrected chi connectivity index (χ4v) is 2.48. The van der Waals surface area contributed by atoms with Crippen molar-refractivity contribution >= 4 is 17.4 Å². The van der Waals surface area contributed by atoms with Gasteiger partial charge >= 0.3 is 5.97 Å². The first kappa shape index (κ1) is 13.6. The third-order valence-electron chi connectivity index (χ3n) is 3.59. The molecule has 4 heteroatoms. The molecule has 102 valence electrons. The van der Waals surface area contributed by atoms with Crippen LogP contribution in [0.3, 0.4) is 0 Å². The van der Waals surface area contributed by atoms with Crippen LogP contribution in [0.2, 0.25) is 0 Å². The number of esters is 1. The Labute approximate surface area is 113 Å². The summed E-state index contributed by atoms with van der Waals surface area (Å²) in [6, 6.07) is 7.55. The van der Waals surface area contributed by atoms with Crippen molar-refractivity contribution in [1.29, 1.82) is 0 Å². The summed E-state index contributed by atoms with van der Waals surface area (Å²) in [6.07, 6.45) is 1.86. The van der Waals surface area contributed by atoms with Crippen LogP contribution < -0.4 is 4.90 Å². The van der Waals surface area contributed by atoms with Crippen LogP contribution in [0.4, 0.5) is 5.69 Å². The van der Waals surface area contributed by atoms with E-state index in [2.05, 4.69) is 4.90 Å². The zero-order valence-electron chi connectivity index (χ0n) is 11.4. The first-order chi connectivity index (χ1) is 9.11. The van der Waals surface area contributed by atoms with E-state index in [0.717, 1.165) is 25.1 Å². The molecule has 4 nitrogen and oxygen atoms in total. The van der Waals surface area contributed by atoms with E-state index in [1.54, 1.807) is 6.92 Å². The minimum absolute atomic E-state index is 0.0498. The maximum absolute atomic E-state index is 11.6. The SMILES string of the molecule is COC(=O)C1CCCN(c2ccc(C(C)=O)cc2)C1. The van der Waals surface area contributed by atoms with Crippen molar-refractivity contribution in [2.24, 2.45) is 5.92 Å². The molecule has 1 aliphatic rings. The fourth-order valence-electron chi connectivity index (χ4n) is 2.48. The van der Waals surface area contributed by atoms with Crippen LogP contribution in [-0.2, 0) is 9.53 Å². The average molecular weight is 261 g/mol. The summed E-state index contributed by atoms with van der Waals surface area (Å²) < 4.78 is 4.81. The van der Waals surface area contributed by atoms with Crippen LogP contribution in [-0.4, -0.2) is 32.0 Å². The van der Waals surface area contributed by atoms with Crippen LogP contribution in [0, 0.1) is 5.92 Å². The van der Waals surface area contributed by atoms with Gasteiger partial charge in [-0.25, -0.2) is 0 Å². The lowest BCUT2D eigenvalue weighted by atomic mass is 9.97. The lowest BCUT2D eigenvalue weighted by Gasteiger charge is -2.33. The number of ketones is 1. The summed E-state index contributed by atoms with van der Waals surface area (Å²) >= 11 is 0. The normalized spacial score (nSPS) is 19.1. The second-order valence-corrected chi connectivity index (χ2v) is 4.91. The Bertz CT molecular complexity index is 467. The number of methoxy groups -OCH3 is 1. The molecule has 1 heterocycles. The largest absolute Gasteiger partial charge is 0.469 e. The third kappa shape index (κ3) is 3.13. The molecule has 0 aliphatic carbocycles. The van der Waals surface area contributed by atoms with Crippen LogP contribution >= 0.6 is 0 Å². The molecular formula is C15H19NO3. The predicted octanol–water partition coefficient (Wildman–Crippen LogP) is 2.28. The zero-order chi connectivity index (χ0) is 13.8. The highest BCUT2D eigenvalue weighted by atomic mass is 16.5. The Kier molecular flexibility index (Phi) is 4.20. The number of carbonyl (C=O) groups excluding carboxylic acids is 2. The first-order valence-electron chi connectivity index (χ1n) is 6.55. The van der Waals surface area contributed by atoms with Gasteiger partial charge in [0.2, 0.25) is 0 Å². The van der Waals surface area contributed by atoms with Gasteiger partial charge in [0.25, 0.3) is 0 Å². The summed E-state index contributed by atoms with van der Waals surface area (Å²) in [5.41, 5.74) is 1.77. The number of rotatable bonds is 3. The molecule has 1 aromatic rings. The lowest BCUT2D eigenvalue weighted by Crippen LogP contribution is -2.39. The molecule has 1 atom stereocenters. The maximum atomic E-state index is 11.6. The van der Waals surface area contributed by atoms with Crippen molar-refractivity contribution in [2.45, 2.75) is 19.8 Å². The molecule has 1 unspecified atom stereocenters. The Morgan fingerprint density at radius 2 is 1.95 bits per heavy atom. The van der Waals surface area contributed by atoms with Crippen molar-refractivity contribution in [3.05, 3.63) is 29.8 Å². The minimum Gasteiger partial charge on any atom is -0.469 e. The molecule has 1 aliphatic heterocycles. The topological polar surface area (TPSA) is 46.6 Å². The zero-order valence-corrected chi connectivity index (χ0v) is 11.4. The second-order valence-electron chi connectivity index (χ2n) is 4.91. The van der Waals surface area contributed by atoms with Crippen molar-refractivity contribution < 1.29 is 14.3 Å². The summed E-state index contributed by atoms with van der Waals surface area (Å²) in [4.78, 5) is 25.0. The number of hydrogen-bond donors (Lipinski definition) is 0. The van der Waals surface area contributed by atoms with Gasteiger partial charge in [0.15, 0.2) is 5.78 Å². The number of benzene rings is 1. The molecular weight excluding hydrogens is 242 g/mol. The number of hydrogen-bond acceptors (Lipinski definition) is 4. The van der Waals surface area contributed by atoms with E-state index < -0.39 is 0 Å². The number of Topliss-reactive ketones (excluding diaryl/α,β-unsaturated/α-hetero) is 1. The van der Waals surface area contributed by atoms with Crippen molar-refractivity contribution in [2.75, 3.05) is 25.1 Å². The Balaban J connectivity index is 2.08. The standard InChI is InChI=1S/C15H19NO3/c1-11(17)12-5-7-14(8-6-12)16-9-3-4-13(10-16)15(18)19-2/h5-8,13H,3-4,9-10H2,1-2H3. The molecule has 0 aromatic heterocycles. The second kappa shape index (κ2) is 5.87. The molecule has 0 N–H and O–H groups in total. The van der Waals surface area contributed by atoms with E-state index in [9.17, 15) is 9.59 Å². The van der Waals surface area contributed by atoms with E-state index in [1.807, 2.05) is 24.3 Å². The highest BCUT2D eigenvalue weighted by molar-refractivity contribution is 5.94. The molecule has 1 aromatic carbocycles. The van der Waals surface area contributed by atoms with Gasteiger partial charge < -0.3 is 9.64 Å². The summed E-state index contributed by atoms with van der Waals surface area (Å²) in [7, 11) is 1.43. The number of nitrogens with zero attached hydrogens (tertiary/aromatic N) is 1. The minimum atomic E-state index is -0.134. The predicted molar refractivity (Wildman–Crippen MR) is 73.4 cm³/mol. The van der Waals surface area contributed by atoms with E-state index in [1.165, 1.54) is 7.11 Å². The summed E-state index contributed by atoms with van der Waals surface area (Å²) in [5.74, 6) is -0.117. The fraction of sp³-hybridized carbons (Fsp3) is 0.467. The highest BCUT2D eigenvalue weighted by Crippen LogP contribution is 2.24. The Morgan fingerprint density at radius 1 is 1.26 bits per heavy atom. The van der Waals surface area contributed by atoms with Crippen molar-refractivity contribution in [3.63, 3.8) is 0 Å². The van der Waals surface area contributed by atoms with E-state index in [-0.39, 0.29) is 17.7 Å². The van der Waals surface area contributed by atoms with E-state index >= 15 is 0 Å². The van der Waals surface area contributed by atoms with Gasteiger partial charge in [-0.05, 0) is 44.0 Å². The molecule has 1 saturated heterocycles. The summed E-state index contributed by atoms with van der Waals surface area (Å²) in [5, 5.41) is 0. The number of carbonyl (C=O) groups is 2. The monoisotopic (exact) mass is 261 g/mol. The first-order valence-corrected chi connectivity index (χ1v) is 6.55. The van der Waals surface area contributed by atoms with E-state index in [0.29, 0.717) is 12.1 Å². The molecule has 0 bridgehead atoms. The maximum Gasteiger partial charge on any atom is 0.310 e. The number of piperidine rings is 1. The van der Waals surface area contributed by atoms with Crippen LogP contribution in [0.1, 0.15) is 30.1 Å². The third-order valence-corrected chi connectivity index (χ3v) is 3.59. The lowest BCUT2D eigenvalue weighted by molar-refractivity contribution is -0.145. The van der Waals surface area contributed by atoms with E-state index in [4.69, 9.17) is 4.74 Å². The van der Waals surface area contributed by atoms with Gasteiger partial charge in [0.1, 0.15) is 0 Å². The van der Waals surface area contributed by atoms with Gasteiger partial charge in [-0.3, -0.25) is 9.59 Å². The highest BCUT2D eigenvalue weighted by Gasteiger charge is 2.26. The smallest absolute Gasteiger partial charge is 0.310 e. The van der Waals surface area contributed by atoms with Gasteiger partial charge in [0.05, 0.1) is 13.0 Å². The Hall–Kier alpha value is -1.84. The van der Waals surface area contributed by atoms with Crippen molar-refractivity contribution in [1.82, 2.24) is 0 Å². The quantitative estimate of drug-likeness (QED) is 0.618. The molecule has 0 radical (unpaired) electrons. The van der Waals surface area contributed by atoms with Crippen LogP contribution in [0.15, 0.2) is 24.3 Å². The molecule has 0 amide bonds. The van der Waals surface area contributed by atoms with Gasteiger partial charge in [-0.2, -0.15) is 0 Å². The van der Waals surface area contributed by atoms with Crippen LogP contribution in [0.25, 0.3) is 0 Å². The number of ether oxygens (including phenoxy) is 1. The van der Waals surface area contributed by atoms with Crippen LogP contribution in [0.5, 0.6) is 0 Å². The van der Waals surface area contributed by atoms with Crippen molar-refractivity contribution in [3.8, 4) is 0 Å². The molecule has 2 rings (SSSR count). The summed E-state index contributed by atoms with van der Waals surface area (Å²) in [6.45, 7) is 3.18.